The number of nitrogens with zero attached hydrogens (tertiary/aromatic N) is 3. The molecule has 21 heavy (non-hydrogen) atoms. The maximum atomic E-state index is 9.25. The van der Waals surface area contributed by atoms with Crippen molar-refractivity contribution < 1.29 is 5.11 Å². The Morgan fingerprint density at radius 3 is 2.81 bits per heavy atom. The topological polar surface area (TPSA) is 98.8 Å². The molecule has 0 radical (unpaired) electrons. The summed E-state index contributed by atoms with van der Waals surface area (Å²) in [6.07, 6.45) is 4.15. The van der Waals surface area contributed by atoms with Crippen LogP contribution in [0.15, 0.2) is 6.33 Å². The van der Waals surface area contributed by atoms with E-state index in [1.165, 1.54) is 0 Å². The number of H-pyrrole nitrogens is 1. The SMILES string of the molecule is CCCNc1nc(NC(C)(CC)CCO)c2[nH]cnc2n1. The smallest absolute Gasteiger partial charge is 0.226 e. The maximum Gasteiger partial charge on any atom is 0.226 e. The van der Waals surface area contributed by atoms with Gasteiger partial charge in [-0.3, -0.25) is 0 Å². The van der Waals surface area contributed by atoms with Crippen LogP contribution in [0.4, 0.5) is 11.8 Å². The number of imidazole rings is 1. The molecule has 0 aliphatic carbocycles. The zero-order valence-electron chi connectivity index (χ0n) is 12.9. The normalized spacial score (nSPS) is 14.1. The summed E-state index contributed by atoms with van der Waals surface area (Å²) in [5.41, 5.74) is 1.20. The number of anilines is 2. The monoisotopic (exact) mass is 292 g/mol. The fourth-order valence-electron chi connectivity index (χ4n) is 2.10. The minimum atomic E-state index is -0.219. The summed E-state index contributed by atoms with van der Waals surface area (Å²) < 4.78 is 0. The van der Waals surface area contributed by atoms with Gasteiger partial charge in [-0.15, -0.1) is 0 Å². The van der Waals surface area contributed by atoms with Crippen molar-refractivity contribution in [3.63, 3.8) is 0 Å². The number of hydrogen-bond acceptors (Lipinski definition) is 6. The molecule has 0 aromatic carbocycles. The molecule has 116 valence electrons. The van der Waals surface area contributed by atoms with Crippen molar-refractivity contribution in [1.29, 1.82) is 0 Å². The number of nitrogens with one attached hydrogen (secondary N) is 3. The van der Waals surface area contributed by atoms with Crippen LogP contribution in [-0.2, 0) is 0 Å². The van der Waals surface area contributed by atoms with E-state index in [0.717, 1.165) is 24.9 Å². The van der Waals surface area contributed by atoms with E-state index in [-0.39, 0.29) is 12.1 Å². The van der Waals surface area contributed by atoms with Gasteiger partial charge in [-0.05, 0) is 26.2 Å². The number of aliphatic hydroxyl groups excluding tert-OH is 1. The number of hydrogen-bond donors (Lipinski definition) is 4. The molecule has 2 heterocycles. The molecule has 1 atom stereocenters. The highest BCUT2D eigenvalue weighted by molar-refractivity contribution is 5.84. The number of aromatic amines is 1. The molecule has 7 nitrogen and oxygen atoms in total. The van der Waals surface area contributed by atoms with E-state index in [2.05, 4.69) is 51.3 Å². The highest BCUT2D eigenvalue weighted by Gasteiger charge is 2.23. The van der Waals surface area contributed by atoms with Crippen molar-refractivity contribution in [2.24, 2.45) is 0 Å². The molecule has 0 saturated heterocycles. The third-order valence-corrected chi connectivity index (χ3v) is 3.68. The van der Waals surface area contributed by atoms with Gasteiger partial charge in [-0.2, -0.15) is 9.97 Å². The van der Waals surface area contributed by atoms with Gasteiger partial charge in [-0.25, -0.2) is 4.98 Å². The number of aliphatic hydroxyl groups is 1. The van der Waals surface area contributed by atoms with Gasteiger partial charge >= 0.3 is 0 Å². The summed E-state index contributed by atoms with van der Waals surface area (Å²) in [7, 11) is 0. The lowest BCUT2D eigenvalue weighted by Crippen LogP contribution is -2.35. The zero-order chi connectivity index (χ0) is 15.3. The van der Waals surface area contributed by atoms with E-state index in [1.807, 2.05) is 0 Å². The second-order valence-electron chi connectivity index (χ2n) is 5.44. The minimum absolute atomic E-state index is 0.134. The maximum absolute atomic E-state index is 9.25. The number of rotatable bonds is 8. The molecule has 2 rings (SSSR count). The van der Waals surface area contributed by atoms with Crippen molar-refractivity contribution >= 4 is 22.9 Å². The molecular weight excluding hydrogens is 268 g/mol. The highest BCUT2D eigenvalue weighted by atomic mass is 16.3. The van der Waals surface area contributed by atoms with Crippen LogP contribution < -0.4 is 10.6 Å². The molecule has 0 amide bonds. The summed E-state index contributed by atoms with van der Waals surface area (Å²) in [4.78, 5) is 16.2. The van der Waals surface area contributed by atoms with E-state index in [4.69, 9.17) is 0 Å². The van der Waals surface area contributed by atoms with Gasteiger partial charge in [0.05, 0.1) is 6.33 Å². The molecule has 0 aliphatic heterocycles. The standard InChI is InChI=1S/C14H24N6O/c1-4-7-15-13-18-11-10(16-9-17-11)12(19-13)20-14(3,5-2)6-8-21/h9,21H,4-8H2,1-3H3,(H3,15,16,17,18,19,20). The molecule has 1 unspecified atom stereocenters. The Labute approximate surface area is 124 Å². The van der Waals surface area contributed by atoms with E-state index in [0.29, 0.717) is 23.8 Å². The van der Waals surface area contributed by atoms with Gasteiger partial charge in [0.1, 0.15) is 5.52 Å². The van der Waals surface area contributed by atoms with Crippen LogP contribution in [0.5, 0.6) is 0 Å². The third kappa shape index (κ3) is 3.60. The summed E-state index contributed by atoms with van der Waals surface area (Å²) in [5, 5.41) is 15.9. The average molecular weight is 292 g/mol. The minimum Gasteiger partial charge on any atom is -0.396 e. The van der Waals surface area contributed by atoms with Crippen LogP contribution in [0.2, 0.25) is 0 Å². The quantitative estimate of drug-likeness (QED) is 0.595. The van der Waals surface area contributed by atoms with Gasteiger partial charge < -0.3 is 20.7 Å². The lowest BCUT2D eigenvalue weighted by atomic mass is 9.95. The molecule has 2 aromatic rings. The van der Waals surface area contributed by atoms with Crippen molar-refractivity contribution in [1.82, 2.24) is 19.9 Å². The van der Waals surface area contributed by atoms with Gasteiger partial charge in [-0.1, -0.05) is 13.8 Å². The van der Waals surface area contributed by atoms with Gasteiger partial charge in [0.15, 0.2) is 11.5 Å². The zero-order valence-corrected chi connectivity index (χ0v) is 12.9. The van der Waals surface area contributed by atoms with Crippen LogP contribution in [-0.4, -0.2) is 43.7 Å². The van der Waals surface area contributed by atoms with Crippen molar-refractivity contribution in [2.45, 2.75) is 45.6 Å². The molecule has 0 fully saturated rings. The van der Waals surface area contributed by atoms with E-state index < -0.39 is 0 Å². The van der Waals surface area contributed by atoms with Gasteiger partial charge in [0.25, 0.3) is 0 Å². The third-order valence-electron chi connectivity index (χ3n) is 3.68. The van der Waals surface area contributed by atoms with Crippen LogP contribution in [0.25, 0.3) is 11.2 Å². The van der Waals surface area contributed by atoms with Crippen LogP contribution in [0.1, 0.15) is 40.0 Å². The Hall–Kier alpha value is -1.89. The van der Waals surface area contributed by atoms with Crippen LogP contribution >= 0.6 is 0 Å². The Balaban J connectivity index is 2.34. The van der Waals surface area contributed by atoms with E-state index in [1.54, 1.807) is 6.33 Å². The second kappa shape index (κ2) is 6.71. The Morgan fingerprint density at radius 2 is 2.14 bits per heavy atom. The lowest BCUT2D eigenvalue weighted by molar-refractivity contribution is 0.252. The van der Waals surface area contributed by atoms with Gasteiger partial charge in [0, 0.05) is 18.7 Å². The van der Waals surface area contributed by atoms with Gasteiger partial charge in [0.2, 0.25) is 5.95 Å². The first-order valence-corrected chi connectivity index (χ1v) is 7.46. The highest BCUT2D eigenvalue weighted by Crippen LogP contribution is 2.25. The van der Waals surface area contributed by atoms with E-state index in [9.17, 15) is 5.11 Å². The molecular formula is C14H24N6O. The predicted octanol–water partition coefficient (Wildman–Crippen LogP) is 2.14. The molecule has 4 N–H and O–H groups in total. The number of fused-ring (bicyclic) bond motifs is 1. The summed E-state index contributed by atoms with van der Waals surface area (Å²) in [6, 6.07) is 0. The molecule has 0 aliphatic rings. The first-order chi connectivity index (χ1) is 10.1. The number of aromatic nitrogens is 4. The Kier molecular flexibility index (Phi) is 4.95. The summed E-state index contributed by atoms with van der Waals surface area (Å²) in [5.74, 6) is 1.29. The fraction of sp³-hybridized carbons (Fsp3) is 0.643. The fourth-order valence-corrected chi connectivity index (χ4v) is 2.10. The molecule has 0 bridgehead atoms. The summed E-state index contributed by atoms with van der Waals surface area (Å²) >= 11 is 0. The molecule has 0 saturated carbocycles. The predicted molar refractivity (Wildman–Crippen MR) is 84.5 cm³/mol. The average Bonchev–Trinajstić information content (AvgIpc) is 2.94. The molecule has 2 aromatic heterocycles. The van der Waals surface area contributed by atoms with E-state index >= 15 is 0 Å². The van der Waals surface area contributed by atoms with Crippen molar-refractivity contribution in [3.05, 3.63) is 6.33 Å². The summed E-state index contributed by atoms with van der Waals surface area (Å²) in [6.45, 7) is 7.21. The Bertz CT molecular complexity index is 584. The second-order valence-corrected chi connectivity index (χ2v) is 5.44. The lowest BCUT2D eigenvalue weighted by Gasteiger charge is -2.29. The van der Waals surface area contributed by atoms with Crippen LogP contribution in [0.3, 0.4) is 0 Å². The van der Waals surface area contributed by atoms with Crippen molar-refractivity contribution in [3.8, 4) is 0 Å². The largest absolute Gasteiger partial charge is 0.396 e. The van der Waals surface area contributed by atoms with Crippen molar-refractivity contribution in [2.75, 3.05) is 23.8 Å². The molecule has 7 heteroatoms. The van der Waals surface area contributed by atoms with Crippen LogP contribution in [0, 0.1) is 0 Å². The molecule has 0 spiro atoms. The Morgan fingerprint density at radius 1 is 1.33 bits per heavy atom. The first kappa shape index (κ1) is 15.5. The first-order valence-electron chi connectivity index (χ1n) is 7.46.